The summed E-state index contributed by atoms with van der Waals surface area (Å²) in [6.07, 6.45) is 0. The molecule has 1 unspecified atom stereocenters. The average molecular weight is 209 g/mol. The lowest BCUT2D eigenvalue weighted by atomic mass is 10.1. The van der Waals surface area contributed by atoms with E-state index in [4.69, 9.17) is 15.6 Å². The Morgan fingerprint density at radius 3 is 2.53 bits per heavy atom. The van der Waals surface area contributed by atoms with Crippen LogP contribution in [0, 0.1) is 0 Å². The molecule has 4 heteroatoms. The third-order valence-corrected chi connectivity index (χ3v) is 2.08. The molecule has 0 radical (unpaired) electrons. The fraction of sp³-hybridized carbons (Fsp3) is 0.364. The van der Waals surface area contributed by atoms with E-state index in [-0.39, 0.29) is 0 Å². The minimum atomic E-state index is -1.02. The summed E-state index contributed by atoms with van der Waals surface area (Å²) in [7, 11) is 0. The van der Waals surface area contributed by atoms with Crippen LogP contribution in [0.4, 0.5) is 0 Å². The van der Waals surface area contributed by atoms with Crippen molar-refractivity contribution in [2.45, 2.75) is 19.6 Å². The molecular formula is C11H15NO3. The zero-order valence-electron chi connectivity index (χ0n) is 8.64. The van der Waals surface area contributed by atoms with Crippen molar-refractivity contribution >= 4 is 5.97 Å². The summed E-state index contributed by atoms with van der Waals surface area (Å²) in [5, 5.41) is 8.70. The lowest BCUT2D eigenvalue weighted by Crippen LogP contribution is -2.20. The molecule has 0 aliphatic carbocycles. The van der Waals surface area contributed by atoms with Gasteiger partial charge in [-0.3, -0.25) is 4.79 Å². The van der Waals surface area contributed by atoms with Crippen LogP contribution in [-0.2, 0) is 16.1 Å². The summed E-state index contributed by atoms with van der Waals surface area (Å²) in [6.45, 7) is 3.13. The van der Waals surface area contributed by atoms with Gasteiger partial charge in [-0.15, -0.1) is 0 Å². The Kier molecular flexibility index (Phi) is 4.27. The highest BCUT2D eigenvalue weighted by atomic mass is 16.5. The molecule has 0 aliphatic rings. The molecule has 0 bridgehead atoms. The van der Waals surface area contributed by atoms with Crippen molar-refractivity contribution in [3.63, 3.8) is 0 Å². The summed E-state index contributed by atoms with van der Waals surface area (Å²) in [6, 6.07) is 6.13. The van der Waals surface area contributed by atoms with Crippen LogP contribution in [0.15, 0.2) is 24.3 Å². The van der Waals surface area contributed by atoms with Crippen molar-refractivity contribution in [3.8, 4) is 0 Å². The second-order valence-electron chi connectivity index (χ2n) is 3.19. The number of ether oxygens (including phenoxy) is 1. The van der Waals surface area contributed by atoms with Gasteiger partial charge in [-0.05, 0) is 18.1 Å². The highest BCUT2D eigenvalue weighted by Crippen LogP contribution is 2.12. The lowest BCUT2D eigenvalue weighted by molar-refractivity contribution is -0.138. The van der Waals surface area contributed by atoms with E-state index in [1.54, 1.807) is 12.1 Å². The molecule has 1 rings (SSSR count). The van der Waals surface area contributed by atoms with Crippen molar-refractivity contribution in [1.82, 2.24) is 0 Å². The number of hydrogen-bond donors (Lipinski definition) is 2. The molecule has 1 aromatic rings. The van der Waals surface area contributed by atoms with Gasteiger partial charge < -0.3 is 15.6 Å². The molecule has 0 aliphatic heterocycles. The van der Waals surface area contributed by atoms with Crippen LogP contribution in [0.2, 0.25) is 0 Å². The van der Waals surface area contributed by atoms with Gasteiger partial charge in [-0.2, -0.15) is 0 Å². The zero-order chi connectivity index (χ0) is 11.3. The van der Waals surface area contributed by atoms with Gasteiger partial charge in [0.15, 0.2) is 0 Å². The largest absolute Gasteiger partial charge is 0.480 e. The highest BCUT2D eigenvalue weighted by molar-refractivity contribution is 5.75. The van der Waals surface area contributed by atoms with Crippen LogP contribution in [0.1, 0.15) is 24.1 Å². The van der Waals surface area contributed by atoms with Crippen molar-refractivity contribution in [2.75, 3.05) is 6.61 Å². The summed E-state index contributed by atoms with van der Waals surface area (Å²) in [4.78, 5) is 10.6. The first-order chi connectivity index (χ1) is 7.15. The molecule has 0 amide bonds. The smallest absolute Gasteiger partial charge is 0.325 e. The van der Waals surface area contributed by atoms with E-state index >= 15 is 0 Å². The van der Waals surface area contributed by atoms with Crippen molar-refractivity contribution in [1.29, 1.82) is 0 Å². The van der Waals surface area contributed by atoms with Gasteiger partial charge in [0.1, 0.15) is 6.04 Å². The summed E-state index contributed by atoms with van der Waals surface area (Å²) in [5.41, 5.74) is 7.07. The summed E-state index contributed by atoms with van der Waals surface area (Å²) < 4.78 is 5.22. The summed E-state index contributed by atoms with van der Waals surface area (Å²) >= 11 is 0. The van der Waals surface area contributed by atoms with Gasteiger partial charge in [0.05, 0.1) is 6.61 Å². The van der Waals surface area contributed by atoms with E-state index in [0.29, 0.717) is 18.8 Å². The number of carboxylic acids is 1. The van der Waals surface area contributed by atoms with Gasteiger partial charge >= 0.3 is 5.97 Å². The Morgan fingerprint density at radius 2 is 2.07 bits per heavy atom. The van der Waals surface area contributed by atoms with E-state index in [0.717, 1.165) is 5.56 Å². The molecule has 3 N–H and O–H groups in total. The minimum absolute atomic E-state index is 0.541. The van der Waals surface area contributed by atoms with Crippen LogP contribution < -0.4 is 5.73 Å². The number of hydrogen-bond acceptors (Lipinski definition) is 3. The predicted octanol–water partition coefficient (Wildman–Crippen LogP) is 1.31. The van der Waals surface area contributed by atoms with E-state index in [2.05, 4.69) is 0 Å². The quantitative estimate of drug-likeness (QED) is 0.766. The topological polar surface area (TPSA) is 72.5 Å². The number of carbonyl (C=O) groups is 1. The zero-order valence-corrected chi connectivity index (χ0v) is 8.64. The second-order valence-corrected chi connectivity index (χ2v) is 3.19. The first-order valence-electron chi connectivity index (χ1n) is 4.80. The first kappa shape index (κ1) is 11.7. The van der Waals surface area contributed by atoms with E-state index < -0.39 is 12.0 Å². The monoisotopic (exact) mass is 209 g/mol. The van der Waals surface area contributed by atoms with Crippen molar-refractivity contribution < 1.29 is 14.6 Å². The Labute approximate surface area is 88.7 Å². The fourth-order valence-corrected chi connectivity index (χ4v) is 1.18. The number of benzene rings is 1. The normalized spacial score (nSPS) is 12.4. The van der Waals surface area contributed by atoms with Crippen LogP contribution >= 0.6 is 0 Å². The van der Waals surface area contributed by atoms with Crippen molar-refractivity contribution in [3.05, 3.63) is 35.4 Å². The van der Waals surface area contributed by atoms with Gasteiger partial charge in [-0.25, -0.2) is 0 Å². The molecule has 1 aromatic carbocycles. The molecule has 0 heterocycles. The van der Waals surface area contributed by atoms with Crippen LogP contribution in [0.3, 0.4) is 0 Å². The predicted molar refractivity (Wildman–Crippen MR) is 56.3 cm³/mol. The molecule has 82 valence electrons. The second kappa shape index (κ2) is 5.48. The van der Waals surface area contributed by atoms with E-state index in [9.17, 15) is 4.79 Å². The Hall–Kier alpha value is -1.39. The summed E-state index contributed by atoms with van der Waals surface area (Å²) in [5.74, 6) is -1.02. The van der Waals surface area contributed by atoms with Crippen LogP contribution in [-0.4, -0.2) is 17.7 Å². The van der Waals surface area contributed by atoms with Gasteiger partial charge in [0.2, 0.25) is 0 Å². The Morgan fingerprint density at radius 1 is 1.47 bits per heavy atom. The molecule has 0 fully saturated rings. The standard InChI is InChI=1S/C11H15NO3/c1-2-15-7-8-3-5-9(6-4-8)10(12)11(13)14/h3-6,10H,2,7,12H2,1H3,(H,13,14). The van der Waals surface area contributed by atoms with Crippen LogP contribution in [0.5, 0.6) is 0 Å². The lowest BCUT2D eigenvalue weighted by Gasteiger charge is -2.07. The van der Waals surface area contributed by atoms with Gasteiger partial charge in [0, 0.05) is 6.61 Å². The third-order valence-electron chi connectivity index (χ3n) is 2.08. The van der Waals surface area contributed by atoms with Crippen molar-refractivity contribution in [2.24, 2.45) is 5.73 Å². The molecule has 0 spiro atoms. The molecular weight excluding hydrogens is 194 g/mol. The number of nitrogens with two attached hydrogens (primary N) is 1. The average Bonchev–Trinajstić information content (AvgIpc) is 2.26. The molecule has 1 atom stereocenters. The first-order valence-corrected chi connectivity index (χ1v) is 4.80. The number of aliphatic carboxylic acids is 1. The Bertz CT molecular complexity index is 321. The maximum atomic E-state index is 10.6. The molecule has 15 heavy (non-hydrogen) atoms. The molecule has 0 saturated heterocycles. The van der Waals surface area contributed by atoms with Gasteiger partial charge in [-0.1, -0.05) is 24.3 Å². The van der Waals surface area contributed by atoms with E-state index in [1.165, 1.54) is 0 Å². The van der Waals surface area contributed by atoms with Gasteiger partial charge in [0.25, 0.3) is 0 Å². The SMILES string of the molecule is CCOCc1ccc(C(N)C(=O)O)cc1. The highest BCUT2D eigenvalue weighted by Gasteiger charge is 2.13. The molecule has 4 nitrogen and oxygen atoms in total. The number of rotatable bonds is 5. The minimum Gasteiger partial charge on any atom is -0.480 e. The fourth-order valence-electron chi connectivity index (χ4n) is 1.18. The molecule has 0 saturated carbocycles. The maximum Gasteiger partial charge on any atom is 0.325 e. The third kappa shape index (κ3) is 3.34. The van der Waals surface area contributed by atoms with E-state index in [1.807, 2.05) is 19.1 Å². The maximum absolute atomic E-state index is 10.6. The molecule has 0 aromatic heterocycles. The number of carboxylic acid groups (broad SMARTS) is 1. The van der Waals surface area contributed by atoms with Crippen LogP contribution in [0.25, 0.3) is 0 Å². The Balaban J connectivity index is 2.67.